The summed E-state index contributed by atoms with van der Waals surface area (Å²) >= 11 is 12.0. The normalized spacial score (nSPS) is 21.8. The van der Waals surface area contributed by atoms with Crippen LogP contribution in [0.25, 0.3) is 0 Å². The number of alkyl halides is 3. The Kier molecular flexibility index (Phi) is 6.11. The van der Waals surface area contributed by atoms with Gasteiger partial charge in [0.2, 0.25) is 0 Å². The molecule has 6 rings (SSSR count). The van der Waals surface area contributed by atoms with Crippen molar-refractivity contribution in [1.82, 2.24) is 0 Å². The molecule has 39 heavy (non-hydrogen) atoms. The molecule has 0 bridgehead atoms. The highest BCUT2D eigenvalue weighted by atomic mass is 35.5. The molecule has 1 fully saturated rings. The minimum Gasteiger partial charge on any atom is -0.488 e. The Hall–Kier alpha value is -2.60. The molecule has 0 aliphatic carbocycles. The molecule has 1 atom stereocenters. The summed E-state index contributed by atoms with van der Waals surface area (Å²) in [6.45, 7) is 2.89. The first kappa shape index (κ1) is 26.6. The third kappa shape index (κ3) is 3.84. The van der Waals surface area contributed by atoms with E-state index in [1.807, 2.05) is 0 Å². The summed E-state index contributed by atoms with van der Waals surface area (Å²) in [5, 5.41) is -0.997. The quantitative estimate of drug-likeness (QED) is 0.163. The van der Waals surface area contributed by atoms with Crippen LogP contribution in [-0.4, -0.2) is 31.6 Å². The summed E-state index contributed by atoms with van der Waals surface area (Å²) < 4.78 is 70.3. The summed E-state index contributed by atoms with van der Waals surface area (Å²) in [7, 11) is 0. The van der Waals surface area contributed by atoms with Crippen LogP contribution >= 0.6 is 35.1 Å². The Morgan fingerprint density at radius 1 is 1.13 bits per heavy atom. The molecule has 3 heterocycles. The van der Waals surface area contributed by atoms with Crippen molar-refractivity contribution in [3.8, 4) is 5.75 Å². The van der Waals surface area contributed by atoms with Gasteiger partial charge in [0, 0.05) is 6.42 Å². The van der Waals surface area contributed by atoms with Crippen molar-refractivity contribution in [1.29, 1.82) is 0 Å². The third-order valence-electron chi connectivity index (χ3n) is 7.41. The molecule has 3 aromatic rings. The third-order valence-corrected chi connectivity index (χ3v) is 9.19. The number of ether oxygens (including phenoxy) is 2. The van der Waals surface area contributed by atoms with Gasteiger partial charge in [0.05, 0.1) is 42.1 Å². The number of benzene rings is 2. The monoisotopic (exact) mass is 600 g/mol. The molecule has 0 aromatic heterocycles. The lowest BCUT2D eigenvalue weighted by Crippen LogP contribution is -2.62. The number of nitrogens with zero attached hydrogens (tertiary/aromatic N) is 2. The average Bonchev–Trinajstić information content (AvgIpc) is 3.49. The maximum atomic E-state index is 14.4. The van der Waals surface area contributed by atoms with Crippen molar-refractivity contribution >= 4 is 46.5 Å². The fraction of sp³-hybridized carbons (Fsp3) is 0.346. The standard InChI is InChI=1S/C26H18Cl2F4N2O4S/c1-2-37-23-20(21(35)22(23)36)34-10-24(11-34)15-4-3-12(5-13(15)9-38-24)18-8-25(39-33-18,26(30,31)32)14-6-16(27)19(29)17(28)7-14/h3-7H,2,8-11H2,1H3/t25-/m0/s1. The predicted octanol–water partition coefficient (Wildman–Crippen LogP) is 5.67. The van der Waals surface area contributed by atoms with E-state index in [-0.39, 0.29) is 35.9 Å². The van der Waals surface area contributed by atoms with Gasteiger partial charge >= 0.3 is 6.18 Å². The molecule has 1 saturated heterocycles. The van der Waals surface area contributed by atoms with Gasteiger partial charge in [-0.3, -0.25) is 9.59 Å². The van der Waals surface area contributed by atoms with Crippen molar-refractivity contribution in [3.63, 3.8) is 0 Å². The highest BCUT2D eigenvalue weighted by Gasteiger charge is 2.60. The molecule has 0 radical (unpaired) electrons. The van der Waals surface area contributed by atoms with Crippen LogP contribution in [0.1, 0.15) is 35.6 Å². The Labute approximate surface area is 233 Å². The molecule has 0 amide bonds. The molecule has 13 heteroatoms. The number of rotatable bonds is 5. The van der Waals surface area contributed by atoms with Crippen LogP contribution in [-0.2, 0) is 21.7 Å². The number of fused-ring (bicyclic) bond motifs is 2. The highest BCUT2D eigenvalue weighted by molar-refractivity contribution is 7.99. The van der Waals surface area contributed by atoms with E-state index in [4.69, 9.17) is 32.7 Å². The lowest BCUT2D eigenvalue weighted by Gasteiger charge is -2.49. The fourth-order valence-electron chi connectivity index (χ4n) is 5.39. The van der Waals surface area contributed by atoms with E-state index >= 15 is 0 Å². The number of anilines is 1. The minimum atomic E-state index is -4.73. The highest BCUT2D eigenvalue weighted by Crippen LogP contribution is 2.57. The van der Waals surface area contributed by atoms with Crippen LogP contribution in [0.4, 0.5) is 23.2 Å². The van der Waals surface area contributed by atoms with E-state index in [2.05, 4.69) is 4.40 Å². The van der Waals surface area contributed by atoms with Gasteiger partial charge in [-0.25, -0.2) is 8.79 Å². The van der Waals surface area contributed by atoms with Gasteiger partial charge in [0.25, 0.3) is 10.9 Å². The van der Waals surface area contributed by atoms with E-state index < -0.39 is 49.7 Å². The Balaban J connectivity index is 1.25. The number of hydrogen-bond acceptors (Lipinski definition) is 7. The topological polar surface area (TPSA) is 68.2 Å². The van der Waals surface area contributed by atoms with Crippen LogP contribution in [0.15, 0.2) is 44.3 Å². The van der Waals surface area contributed by atoms with Crippen LogP contribution in [0.2, 0.25) is 10.0 Å². The van der Waals surface area contributed by atoms with Crippen LogP contribution in [0.5, 0.6) is 5.75 Å². The second-order valence-corrected chi connectivity index (χ2v) is 11.5. The summed E-state index contributed by atoms with van der Waals surface area (Å²) in [6.07, 6.45) is -5.23. The lowest BCUT2D eigenvalue weighted by atomic mass is 9.83. The summed E-state index contributed by atoms with van der Waals surface area (Å²) in [5.74, 6) is -0.913. The zero-order valence-corrected chi connectivity index (χ0v) is 22.5. The first-order chi connectivity index (χ1) is 18.4. The van der Waals surface area contributed by atoms with E-state index in [0.29, 0.717) is 30.6 Å². The van der Waals surface area contributed by atoms with E-state index in [9.17, 15) is 27.2 Å². The molecule has 0 saturated carbocycles. The van der Waals surface area contributed by atoms with E-state index in [1.54, 1.807) is 30.0 Å². The molecular formula is C26H18Cl2F4N2O4S. The SMILES string of the molecule is CCOc1c(N2CC3(C2)OCc2cc(C4=NS[C@@](c5cc(Cl)c(F)c(Cl)c5)(C(F)(F)F)C4)ccc23)c(=O)c1=O. The predicted molar refractivity (Wildman–Crippen MR) is 141 cm³/mol. The van der Waals surface area contributed by atoms with Gasteiger partial charge in [-0.1, -0.05) is 35.3 Å². The maximum Gasteiger partial charge on any atom is 0.409 e. The second-order valence-electron chi connectivity index (χ2n) is 9.66. The van der Waals surface area contributed by atoms with E-state index in [0.717, 1.165) is 23.3 Å². The van der Waals surface area contributed by atoms with Gasteiger partial charge in [-0.15, -0.1) is 0 Å². The molecule has 0 unspecified atom stereocenters. The van der Waals surface area contributed by atoms with Crippen molar-refractivity contribution in [2.24, 2.45) is 4.40 Å². The minimum absolute atomic E-state index is 0.0690. The number of hydrogen-bond donors (Lipinski definition) is 0. The molecular weight excluding hydrogens is 583 g/mol. The molecule has 0 N–H and O–H groups in total. The molecule has 1 spiro atoms. The van der Waals surface area contributed by atoms with Gasteiger partial charge in [-0.2, -0.15) is 13.2 Å². The second kappa shape index (κ2) is 8.95. The largest absolute Gasteiger partial charge is 0.488 e. The zero-order valence-electron chi connectivity index (χ0n) is 20.1. The van der Waals surface area contributed by atoms with Crippen LogP contribution < -0.4 is 20.5 Å². The molecule has 3 aromatic carbocycles. The summed E-state index contributed by atoms with van der Waals surface area (Å²) in [6, 6.07) is 7.13. The van der Waals surface area contributed by atoms with Gasteiger partial charge < -0.3 is 14.4 Å². The van der Waals surface area contributed by atoms with Crippen molar-refractivity contribution in [3.05, 3.63) is 88.9 Å². The summed E-state index contributed by atoms with van der Waals surface area (Å²) in [4.78, 5) is 25.7. The number of halogens is 6. The Bertz CT molecular complexity index is 1610. The lowest BCUT2D eigenvalue weighted by molar-refractivity contribution is -0.159. The molecule has 6 nitrogen and oxygen atoms in total. The van der Waals surface area contributed by atoms with E-state index in [1.165, 1.54) is 0 Å². The smallest absolute Gasteiger partial charge is 0.409 e. The van der Waals surface area contributed by atoms with Crippen molar-refractivity contribution in [2.45, 2.75) is 36.5 Å². The summed E-state index contributed by atoms with van der Waals surface area (Å²) in [5.41, 5.74) is 0.442. The first-order valence-corrected chi connectivity index (χ1v) is 13.4. The van der Waals surface area contributed by atoms with Gasteiger partial charge in [0.1, 0.15) is 11.3 Å². The van der Waals surface area contributed by atoms with Crippen molar-refractivity contribution in [2.75, 3.05) is 24.6 Å². The van der Waals surface area contributed by atoms with Gasteiger partial charge in [0.15, 0.2) is 16.3 Å². The Morgan fingerprint density at radius 3 is 2.46 bits per heavy atom. The zero-order chi connectivity index (χ0) is 27.9. The Morgan fingerprint density at radius 2 is 1.82 bits per heavy atom. The van der Waals surface area contributed by atoms with Crippen LogP contribution in [0, 0.1) is 5.82 Å². The molecule has 3 aliphatic heterocycles. The first-order valence-electron chi connectivity index (χ1n) is 11.9. The fourth-order valence-corrected chi connectivity index (χ4v) is 6.84. The molecule has 3 aliphatic rings. The van der Waals surface area contributed by atoms with Crippen molar-refractivity contribution < 1.29 is 27.0 Å². The molecule has 204 valence electrons. The van der Waals surface area contributed by atoms with Gasteiger partial charge in [-0.05, 0) is 59.3 Å². The maximum absolute atomic E-state index is 14.4. The average molecular weight is 601 g/mol. The van der Waals surface area contributed by atoms with Crippen LogP contribution in [0.3, 0.4) is 0 Å².